The normalized spacial score (nSPS) is 11.0. The molecule has 2 aromatic heterocycles. The van der Waals surface area contributed by atoms with Gasteiger partial charge in [0.15, 0.2) is 5.69 Å². The molecule has 5 heteroatoms. The summed E-state index contributed by atoms with van der Waals surface area (Å²) in [4.78, 5) is 13.6. The fraction of sp³-hybridized carbons (Fsp3) is 0.111. The van der Waals surface area contributed by atoms with Gasteiger partial charge in [-0.1, -0.05) is 12.1 Å². The molecule has 0 saturated carbocycles. The van der Waals surface area contributed by atoms with Crippen LogP contribution in [0.25, 0.3) is 32.8 Å². The number of hydrogen-bond donors (Lipinski definition) is 0. The van der Waals surface area contributed by atoms with Crippen molar-refractivity contribution >= 4 is 32.8 Å². The molecule has 0 N–H and O–H groups in total. The molecule has 2 heterocycles. The average Bonchev–Trinajstić information content (AvgIpc) is 2.60. The molecule has 4 rings (SSSR count). The quantitative estimate of drug-likeness (QED) is 0.397. The summed E-state index contributed by atoms with van der Waals surface area (Å²) < 4.78 is 5.57. The number of methoxy groups -OCH3 is 1. The smallest absolute Gasteiger partial charge is 0.150 e. The van der Waals surface area contributed by atoms with Crippen LogP contribution in [0.3, 0.4) is 0 Å². The lowest BCUT2D eigenvalue weighted by Gasteiger charge is -2.13. The number of rotatable bonds is 1. The molecule has 0 amide bonds. The maximum absolute atomic E-state index is 9.44. The molecule has 0 atom stereocenters. The second kappa shape index (κ2) is 4.89. The van der Waals surface area contributed by atoms with Crippen molar-refractivity contribution in [3.63, 3.8) is 0 Å². The van der Waals surface area contributed by atoms with Gasteiger partial charge < -0.3 is 4.74 Å². The van der Waals surface area contributed by atoms with E-state index in [1.54, 1.807) is 13.3 Å². The van der Waals surface area contributed by atoms with E-state index in [1.807, 2.05) is 37.3 Å². The van der Waals surface area contributed by atoms with E-state index in [9.17, 15) is 5.26 Å². The van der Waals surface area contributed by atoms with E-state index in [4.69, 9.17) is 14.7 Å². The molecule has 0 bridgehead atoms. The van der Waals surface area contributed by atoms with Crippen LogP contribution in [0.1, 0.15) is 11.3 Å². The molecule has 4 aromatic rings. The second-order valence-corrected chi connectivity index (χ2v) is 5.26. The first kappa shape index (κ1) is 13.4. The highest BCUT2D eigenvalue weighted by molar-refractivity contribution is 6.12. The number of ether oxygens (including phenoxy) is 1. The van der Waals surface area contributed by atoms with Crippen LogP contribution in [0.2, 0.25) is 0 Å². The molecule has 0 spiro atoms. The fourth-order valence-corrected chi connectivity index (χ4v) is 2.98. The Labute approximate surface area is 132 Å². The summed E-state index contributed by atoms with van der Waals surface area (Å²) in [5.74, 6) is 0.705. The summed E-state index contributed by atoms with van der Waals surface area (Å²) in [6.07, 6.45) is 1.61. The summed E-state index contributed by atoms with van der Waals surface area (Å²) in [5.41, 5.74) is 4.25. The van der Waals surface area contributed by atoms with Crippen molar-refractivity contribution in [2.75, 3.05) is 7.11 Å². The number of nitriles is 1. The van der Waals surface area contributed by atoms with Crippen LogP contribution >= 0.6 is 0 Å². The molecule has 0 unspecified atom stereocenters. The van der Waals surface area contributed by atoms with Gasteiger partial charge in [-0.15, -0.1) is 0 Å². The SMILES string of the molecule is COc1c(C)c2nc3ccccc3nc2c2c(C#N)nccc12. The molecule has 0 aliphatic carbocycles. The second-order valence-electron chi connectivity index (χ2n) is 5.26. The molecule has 23 heavy (non-hydrogen) atoms. The highest BCUT2D eigenvalue weighted by Gasteiger charge is 2.18. The van der Waals surface area contributed by atoms with Crippen LogP contribution in [0.15, 0.2) is 36.5 Å². The van der Waals surface area contributed by atoms with Crippen molar-refractivity contribution in [2.24, 2.45) is 0 Å². The van der Waals surface area contributed by atoms with Gasteiger partial charge in [0.2, 0.25) is 0 Å². The number of fused-ring (bicyclic) bond motifs is 4. The molecule has 2 aromatic carbocycles. The lowest BCUT2D eigenvalue weighted by molar-refractivity contribution is 0.417. The third kappa shape index (κ3) is 1.82. The Balaban J connectivity index is 2.35. The van der Waals surface area contributed by atoms with Gasteiger partial charge in [-0.2, -0.15) is 5.26 Å². The van der Waals surface area contributed by atoms with E-state index in [1.165, 1.54) is 0 Å². The van der Waals surface area contributed by atoms with Crippen molar-refractivity contribution in [2.45, 2.75) is 6.92 Å². The van der Waals surface area contributed by atoms with Crippen molar-refractivity contribution < 1.29 is 4.74 Å². The Morgan fingerprint density at radius 3 is 2.39 bits per heavy atom. The highest BCUT2D eigenvalue weighted by Crippen LogP contribution is 2.37. The first-order valence-electron chi connectivity index (χ1n) is 7.16. The minimum Gasteiger partial charge on any atom is -0.496 e. The van der Waals surface area contributed by atoms with Gasteiger partial charge in [0.25, 0.3) is 0 Å². The molecule has 110 valence electrons. The van der Waals surface area contributed by atoms with Crippen molar-refractivity contribution in [3.05, 3.63) is 47.8 Å². The van der Waals surface area contributed by atoms with E-state index >= 15 is 0 Å². The van der Waals surface area contributed by atoms with Crippen LogP contribution in [0.5, 0.6) is 5.75 Å². The van der Waals surface area contributed by atoms with E-state index in [2.05, 4.69) is 11.1 Å². The lowest BCUT2D eigenvalue weighted by Crippen LogP contribution is -1.98. The minimum absolute atomic E-state index is 0.329. The number of para-hydroxylation sites is 2. The maximum Gasteiger partial charge on any atom is 0.150 e. The molecule has 0 saturated heterocycles. The molecule has 0 radical (unpaired) electrons. The highest BCUT2D eigenvalue weighted by atomic mass is 16.5. The molecule has 0 aliphatic rings. The molecular weight excluding hydrogens is 288 g/mol. The first-order chi connectivity index (χ1) is 11.2. The van der Waals surface area contributed by atoms with E-state index in [0.717, 1.165) is 27.5 Å². The Morgan fingerprint density at radius 2 is 1.74 bits per heavy atom. The topological polar surface area (TPSA) is 71.7 Å². The van der Waals surface area contributed by atoms with Crippen molar-refractivity contribution in [1.82, 2.24) is 15.0 Å². The predicted molar refractivity (Wildman–Crippen MR) is 88.3 cm³/mol. The van der Waals surface area contributed by atoms with Crippen LogP contribution < -0.4 is 4.74 Å². The number of pyridine rings is 1. The monoisotopic (exact) mass is 300 g/mol. The zero-order chi connectivity index (χ0) is 16.0. The standard InChI is InChI=1S/C18H12N4O/c1-10-16-17(22-13-6-4-3-5-12(13)21-16)15-11(18(10)23-2)7-8-20-14(15)9-19/h3-8H,1-2H3. The minimum atomic E-state index is 0.329. The zero-order valence-corrected chi connectivity index (χ0v) is 12.7. The number of hydrogen-bond acceptors (Lipinski definition) is 5. The third-order valence-corrected chi connectivity index (χ3v) is 4.01. The molecule has 0 aliphatic heterocycles. The van der Waals surface area contributed by atoms with Gasteiger partial charge in [-0.25, -0.2) is 15.0 Å². The molecule has 5 nitrogen and oxygen atoms in total. The van der Waals surface area contributed by atoms with Gasteiger partial charge in [0, 0.05) is 22.5 Å². The molecule has 0 fully saturated rings. The zero-order valence-electron chi connectivity index (χ0n) is 12.7. The van der Waals surface area contributed by atoms with Crippen molar-refractivity contribution in [1.29, 1.82) is 5.26 Å². The Morgan fingerprint density at radius 1 is 1.04 bits per heavy atom. The van der Waals surface area contributed by atoms with E-state index < -0.39 is 0 Å². The van der Waals surface area contributed by atoms with Crippen LogP contribution in [-0.4, -0.2) is 22.1 Å². The fourth-order valence-electron chi connectivity index (χ4n) is 2.98. The first-order valence-corrected chi connectivity index (χ1v) is 7.16. The Hall–Kier alpha value is -3.26. The summed E-state index contributed by atoms with van der Waals surface area (Å²) in [6, 6.07) is 11.7. The van der Waals surface area contributed by atoms with Gasteiger partial charge in [0.1, 0.15) is 17.3 Å². The Bertz CT molecular complexity index is 1130. The van der Waals surface area contributed by atoms with E-state index in [0.29, 0.717) is 22.3 Å². The Kier molecular flexibility index (Phi) is 2.85. The number of aromatic nitrogens is 3. The largest absolute Gasteiger partial charge is 0.496 e. The van der Waals surface area contributed by atoms with Crippen LogP contribution in [-0.2, 0) is 0 Å². The maximum atomic E-state index is 9.44. The van der Waals surface area contributed by atoms with E-state index in [-0.39, 0.29) is 0 Å². The lowest BCUT2D eigenvalue weighted by atomic mass is 10.0. The summed E-state index contributed by atoms with van der Waals surface area (Å²) in [5, 5.41) is 11.0. The van der Waals surface area contributed by atoms with Gasteiger partial charge >= 0.3 is 0 Å². The van der Waals surface area contributed by atoms with Crippen LogP contribution in [0.4, 0.5) is 0 Å². The van der Waals surface area contributed by atoms with Gasteiger partial charge in [-0.3, -0.25) is 0 Å². The third-order valence-electron chi connectivity index (χ3n) is 4.01. The average molecular weight is 300 g/mol. The molecular formula is C18H12N4O. The van der Waals surface area contributed by atoms with Gasteiger partial charge in [-0.05, 0) is 25.1 Å². The van der Waals surface area contributed by atoms with Crippen LogP contribution in [0, 0.1) is 18.3 Å². The number of benzene rings is 2. The number of aryl methyl sites for hydroxylation is 1. The van der Waals surface area contributed by atoms with Crippen molar-refractivity contribution in [3.8, 4) is 11.8 Å². The summed E-state index contributed by atoms with van der Waals surface area (Å²) in [6.45, 7) is 1.95. The predicted octanol–water partition coefficient (Wildman–Crippen LogP) is 3.52. The number of nitrogens with zero attached hydrogens (tertiary/aromatic N) is 4. The van der Waals surface area contributed by atoms with Gasteiger partial charge in [0.05, 0.1) is 23.7 Å². The summed E-state index contributed by atoms with van der Waals surface area (Å²) >= 11 is 0. The summed E-state index contributed by atoms with van der Waals surface area (Å²) in [7, 11) is 1.62.